The zero-order valence-electron chi connectivity index (χ0n) is 19.4. The lowest BCUT2D eigenvalue weighted by Crippen LogP contribution is -2.31. The van der Waals surface area contributed by atoms with Crippen LogP contribution in [0.15, 0.2) is 94.6 Å². The molecular weight excluding hydrogens is 459 g/mol. The normalized spacial score (nSPS) is 18.0. The van der Waals surface area contributed by atoms with Gasteiger partial charge in [-0.25, -0.2) is 4.39 Å². The molecule has 3 heterocycles. The maximum atomic E-state index is 15.1. The Bertz CT molecular complexity index is 1480. The van der Waals surface area contributed by atoms with Crippen LogP contribution in [0.5, 0.6) is 0 Å². The van der Waals surface area contributed by atoms with Crippen molar-refractivity contribution in [1.82, 2.24) is 0 Å². The van der Waals surface area contributed by atoms with Gasteiger partial charge in [-0.05, 0) is 55.3 Å². The largest absolute Gasteiger partial charge is 0.503 e. The van der Waals surface area contributed by atoms with E-state index in [9.17, 15) is 14.7 Å². The Kier molecular flexibility index (Phi) is 5.33. The fourth-order valence-electron chi connectivity index (χ4n) is 5.12. The molecule has 0 aliphatic carbocycles. The van der Waals surface area contributed by atoms with E-state index in [1.54, 1.807) is 42.5 Å². The van der Waals surface area contributed by atoms with Gasteiger partial charge in [0.1, 0.15) is 11.4 Å². The minimum absolute atomic E-state index is 0.0295. The van der Waals surface area contributed by atoms with Gasteiger partial charge in [-0.1, -0.05) is 36.4 Å². The van der Waals surface area contributed by atoms with E-state index in [1.807, 2.05) is 18.2 Å². The lowest BCUT2D eigenvalue weighted by Gasteiger charge is -2.27. The highest BCUT2D eigenvalue weighted by Gasteiger charge is 2.46. The van der Waals surface area contributed by atoms with E-state index >= 15 is 4.39 Å². The van der Waals surface area contributed by atoms with Crippen molar-refractivity contribution in [1.29, 1.82) is 0 Å². The minimum atomic E-state index is -1.16. The van der Waals surface area contributed by atoms with Crippen LogP contribution >= 0.6 is 0 Å². The number of fused-ring (bicyclic) bond motifs is 1. The van der Waals surface area contributed by atoms with Crippen molar-refractivity contribution in [2.45, 2.75) is 18.9 Å². The number of furan rings is 1. The molecule has 180 valence electrons. The molecule has 3 aromatic carbocycles. The first-order chi connectivity index (χ1) is 17.5. The number of benzene rings is 3. The number of amides is 1. The second-order valence-electron chi connectivity index (χ2n) is 9.05. The molecule has 1 N–H and O–H groups in total. The molecule has 0 bridgehead atoms. The Hall–Kier alpha value is -4.39. The predicted molar refractivity (Wildman–Crippen MR) is 135 cm³/mol. The van der Waals surface area contributed by atoms with Crippen molar-refractivity contribution in [2.24, 2.45) is 0 Å². The lowest BCUT2D eigenvalue weighted by atomic mass is 9.94. The number of hydrogen-bond acceptors (Lipinski definition) is 5. The third-order valence-electron chi connectivity index (χ3n) is 6.90. The summed E-state index contributed by atoms with van der Waals surface area (Å²) in [6, 6.07) is 20.8. The van der Waals surface area contributed by atoms with Crippen LogP contribution in [0.3, 0.4) is 0 Å². The number of para-hydroxylation sites is 1. The third kappa shape index (κ3) is 3.55. The molecule has 1 fully saturated rings. The molecule has 1 atom stereocenters. The summed E-state index contributed by atoms with van der Waals surface area (Å²) in [5.74, 6) is -2.76. The van der Waals surface area contributed by atoms with Gasteiger partial charge >= 0.3 is 0 Å². The van der Waals surface area contributed by atoms with Gasteiger partial charge in [-0.3, -0.25) is 14.5 Å². The minimum Gasteiger partial charge on any atom is -0.503 e. The predicted octanol–water partition coefficient (Wildman–Crippen LogP) is 5.96. The van der Waals surface area contributed by atoms with Crippen LogP contribution < -0.4 is 9.80 Å². The number of aliphatic hydroxyl groups is 1. The van der Waals surface area contributed by atoms with E-state index in [2.05, 4.69) is 4.90 Å². The Morgan fingerprint density at radius 3 is 2.31 bits per heavy atom. The molecular formula is C29H23FN2O4. The van der Waals surface area contributed by atoms with E-state index < -0.39 is 29.3 Å². The van der Waals surface area contributed by atoms with Crippen molar-refractivity contribution in [3.63, 3.8) is 0 Å². The second-order valence-corrected chi connectivity index (χ2v) is 9.05. The fourth-order valence-corrected chi connectivity index (χ4v) is 5.12. The van der Waals surface area contributed by atoms with Crippen LogP contribution in [0.25, 0.3) is 11.0 Å². The lowest BCUT2D eigenvalue weighted by molar-refractivity contribution is -0.117. The molecule has 0 spiro atoms. The zero-order valence-corrected chi connectivity index (χ0v) is 19.4. The van der Waals surface area contributed by atoms with Crippen LogP contribution in [0.2, 0.25) is 0 Å². The van der Waals surface area contributed by atoms with Crippen LogP contribution in [0, 0.1) is 5.82 Å². The van der Waals surface area contributed by atoms with E-state index in [1.165, 1.54) is 23.1 Å². The second kappa shape index (κ2) is 8.68. The highest BCUT2D eigenvalue weighted by Crippen LogP contribution is 2.43. The number of Topliss-reactive ketones (excluding diaryl/α,β-unsaturated/α-hetero) is 1. The van der Waals surface area contributed by atoms with Gasteiger partial charge in [-0.15, -0.1) is 0 Å². The molecule has 0 radical (unpaired) electrons. The van der Waals surface area contributed by atoms with Gasteiger partial charge in [-0.2, -0.15) is 0 Å². The van der Waals surface area contributed by atoms with Gasteiger partial charge < -0.3 is 14.4 Å². The molecule has 7 heteroatoms. The summed E-state index contributed by atoms with van der Waals surface area (Å²) in [7, 11) is 0. The van der Waals surface area contributed by atoms with Crippen molar-refractivity contribution in [3.8, 4) is 0 Å². The molecule has 1 amide bonds. The highest BCUT2D eigenvalue weighted by atomic mass is 19.1. The van der Waals surface area contributed by atoms with Gasteiger partial charge in [0.25, 0.3) is 5.91 Å². The molecule has 1 unspecified atom stereocenters. The van der Waals surface area contributed by atoms with Crippen molar-refractivity contribution >= 4 is 34.0 Å². The molecule has 2 aliphatic heterocycles. The van der Waals surface area contributed by atoms with Gasteiger partial charge in [0.15, 0.2) is 11.5 Å². The number of rotatable bonds is 5. The average molecular weight is 483 g/mol. The third-order valence-corrected chi connectivity index (χ3v) is 6.90. The summed E-state index contributed by atoms with van der Waals surface area (Å²) in [5.41, 5.74) is 1.88. The molecule has 0 saturated carbocycles. The highest BCUT2D eigenvalue weighted by molar-refractivity contribution is 6.20. The summed E-state index contributed by atoms with van der Waals surface area (Å²) >= 11 is 0. The summed E-state index contributed by atoms with van der Waals surface area (Å²) in [5, 5.41) is 11.7. The topological polar surface area (TPSA) is 74.0 Å². The van der Waals surface area contributed by atoms with Crippen molar-refractivity contribution < 1.29 is 23.5 Å². The molecule has 6 nitrogen and oxygen atoms in total. The van der Waals surface area contributed by atoms with E-state index in [0.717, 1.165) is 31.6 Å². The molecule has 1 saturated heterocycles. The van der Waals surface area contributed by atoms with Crippen molar-refractivity contribution in [2.75, 3.05) is 22.9 Å². The van der Waals surface area contributed by atoms with Gasteiger partial charge in [0.05, 0.1) is 11.6 Å². The van der Waals surface area contributed by atoms with Gasteiger partial charge in [0.2, 0.25) is 5.78 Å². The number of nitrogens with zero attached hydrogens (tertiary/aromatic N) is 2. The number of ketones is 1. The first kappa shape index (κ1) is 22.1. The van der Waals surface area contributed by atoms with Crippen LogP contribution in [-0.2, 0) is 4.79 Å². The standard InChI is InChI=1S/C29H23FN2O4/c30-22-9-3-2-8-21(22)26-25(27(33)24-17-18-7-1-4-10-23(18)36-24)28(34)29(35)32(26)20-13-11-19(12-14-20)31-15-5-6-16-31/h1-4,7-14,17,26,34H,5-6,15-16H2. The molecule has 36 heavy (non-hydrogen) atoms. The van der Waals surface area contributed by atoms with Crippen LogP contribution in [-0.4, -0.2) is 29.9 Å². The molecule has 6 rings (SSSR count). The Morgan fingerprint density at radius 2 is 1.58 bits per heavy atom. The summed E-state index contributed by atoms with van der Waals surface area (Å²) in [6.07, 6.45) is 2.26. The first-order valence-electron chi connectivity index (χ1n) is 11.9. The van der Waals surface area contributed by atoms with E-state index in [0.29, 0.717) is 16.7 Å². The van der Waals surface area contributed by atoms with E-state index in [-0.39, 0.29) is 16.9 Å². The summed E-state index contributed by atoms with van der Waals surface area (Å²) in [6.45, 7) is 1.94. The number of carbonyl (C=O) groups excluding carboxylic acids is 2. The molecule has 1 aromatic heterocycles. The van der Waals surface area contributed by atoms with E-state index in [4.69, 9.17) is 4.42 Å². The number of halogens is 1. The smallest absolute Gasteiger partial charge is 0.294 e. The summed E-state index contributed by atoms with van der Waals surface area (Å²) < 4.78 is 20.8. The molecule has 2 aliphatic rings. The SMILES string of the molecule is O=C(C1=C(O)C(=O)N(c2ccc(N3CCCC3)cc2)C1c1ccccc1F)c1cc2ccccc2o1. The number of anilines is 2. The number of aliphatic hydroxyl groups excluding tert-OH is 1. The zero-order chi connectivity index (χ0) is 24.8. The van der Waals surface area contributed by atoms with Crippen LogP contribution in [0.4, 0.5) is 15.8 Å². The van der Waals surface area contributed by atoms with Gasteiger partial charge in [0, 0.05) is 35.4 Å². The maximum Gasteiger partial charge on any atom is 0.294 e. The Balaban J connectivity index is 1.45. The molecule has 4 aromatic rings. The Labute approximate surface area is 206 Å². The fraction of sp³-hybridized carbons (Fsp3) is 0.172. The summed E-state index contributed by atoms with van der Waals surface area (Å²) in [4.78, 5) is 30.6. The number of carbonyl (C=O) groups is 2. The van der Waals surface area contributed by atoms with Crippen molar-refractivity contribution in [3.05, 3.63) is 107 Å². The quantitative estimate of drug-likeness (QED) is 0.356. The monoisotopic (exact) mass is 482 g/mol. The average Bonchev–Trinajstić information content (AvgIpc) is 3.63. The number of hydrogen-bond donors (Lipinski definition) is 1. The Morgan fingerprint density at radius 1 is 0.917 bits per heavy atom. The maximum absolute atomic E-state index is 15.1. The van der Waals surface area contributed by atoms with Crippen LogP contribution in [0.1, 0.15) is 35.0 Å². The first-order valence-corrected chi connectivity index (χ1v) is 11.9.